The lowest BCUT2D eigenvalue weighted by Gasteiger charge is -1.93. The van der Waals surface area contributed by atoms with E-state index in [4.69, 9.17) is 5.26 Å². The Bertz CT molecular complexity index is 376. The number of benzene rings is 1. The number of rotatable bonds is 2. The second kappa shape index (κ2) is 6.24. The summed E-state index contributed by atoms with van der Waals surface area (Å²) in [6.45, 7) is 0. The molecular formula is C12H10BrN. The Morgan fingerprint density at radius 3 is 2.50 bits per heavy atom. The predicted octanol–water partition coefficient (Wildman–Crippen LogP) is 2.89. The first-order valence-electron chi connectivity index (χ1n) is 4.37. The molecule has 0 bridgehead atoms. The van der Waals surface area contributed by atoms with Crippen molar-refractivity contribution in [2.45, 2.75) is 12.8 Å². The third-order valence-corrected chi connectivity index (χ3v) is 2.09. The van der Waals surface area contributed by atoms with E-state index in [1.807, 2.05) is 24.3 Å². The van der Waals surface area contributed by atoms with E-state index >= 15 is 0 Å². The van der Waals surface area contributed by atoms with Gasteiger partial charge in [-0.05, 0) is 17.7 Å². The highest BCUT2D eigenvalue weighted by Gasteiger charge is 1.90. The molecule has 0 spiro atoms. The zero-order valence-electron chi connectivity index (χ0n) is 7.76. The van der Waals surface area contributed by atoms with Crippen LogP contribution < -0.4 is 0 Å². The third kappa shape index (κ3) is 3.64. The normalized spacial score (nSPS) is 8.57. The van der Waals surface area contributed by atoms with Gasteiger partial charge in [-0.15, -0.1) is 0 Å². The Morgan fingerprint density at radius 1 is 1.21 bits per heavy atom. The fourth-order valence-electron chi connectivity index (χ4n) is 1.01. The molecule has 0 atom stereocenters. The molecule has 0 aliphatic carbocycles. The maximum absolute atomic E-state index is 8.48. The molecule has 0 heterocycles. The van der Waals surface area contributed by atoms with Crippen LogP contribution in [-0.2, 0) is 6.42 Å². The fraction of sp³-hybridized carbons (Fsp3) is 0.250. The molecule has 1 rings (SSSR count). The van der Waals surface area contributed by atoms with Gasteiger partial charge >= 0.3 is 0 Å². The minimum Gasteiger partial charge on any atom is -0.198 e. The highest BCUT2D eigenvalue weighted by atomic mass is 79.9. The summed E-state index contributed by atoms with van der Waals surface area (Å²) in [5.74, 6) is 6.09. The van der Waals surface area contributed by atoms with Gasteiger partial charge < -0.3 is 0 Å². The summed E-state index contributed by atoms with van der Waals surface area (Å²) in [5.41, 5.74) is 2.05. The molecule has 2 heteroatoms. The van der Waals surface area contributed by atoms with Crippen molar-refractivity contribution in [3.05, 3.63) is 35.4 Å². The number of nitriles is 1. The number of alkyl halides is 1. The highest BCUT2D eigenvalue weighted by molar-refractivity contribution is 9.09. The van der Waals surface area contributed by atoms with Crippen LogP contribution >= 0.6 is 15.9 Å². The van der Waals surface area contributed by atoms with Gasteiger partial charge in [0.15, 0.2) is 0 Å². The Labute approximate surface area is 92.9 Å². The van der Waals surface area contributed by atoms with E-state index in [2.05, 4.69) is 33.8 Å². The van der Waals surface area contributed by atoms with Gasteiger partial charge in [0.25, 0.3) is 0 Å². The van der Waals surface area contributed by atoms with Crippen molar-refractivity contribution >= 4 is 15.9 Å². The van der Waals surface area contributed by atoms with Crippen molar-refractivity contribution in [1.29, 1.82) is 5.26 Å². The second-order valence-corrected chi connectivity index (χ2v) is 3.57. The van der Waals surface area contributed by atoms with Gasteiger partial charge in [0.1, 0.15) is 0 Å². The molecule has 0 radical (unpaired) electrons. The van der Waals surface area contributed by atoms with E-state index in [-0.39, 0.29) is 0 Å². The summed E-state index contributed by atoms with van der Waals surface area (Å²) >= 11 is 3.32. The molecule has 0 N–H and O–H groups in total. The van der Waals surface area contributed by atoms with Crippen LogP contribution in [0.15, 0.2) is 24.3 Å². The largest absolute Gasteiger partial charge is 0.198 e. The van der Waals surface area contributed by atoms with E-state index in [1.54, 1.807) is 0 Å². The molecule has 0 saturated heterocycles. The van der Waals surface area contributed by atoms with E-state index in [1.165, 1.54) is 0 Å². The van der Waals surface area contributed by atoms with E-state index < -0.39 is 0 Å². The topological polar surface area (TPSA) is 23.8 Å². The fourth-order valence-corrected chi connectivity index (χ4v) is 1.21. The highest BCUT2D eigenvalue weighted by Crippen LogP contribution is 2.03. The van der Waals surface area contributed by atoms with Crippen LogP contribution in [0.3, 0.4) is 0 Å². The first-order chi connectivity index (χ1) is 6.86. The van der Waals surface area contributed by atoms with Crippen LogP contribution in [-0.4, -0.2) is 5.33 Å². The molecule has 0 fully saturated rings. The first kappa shape index (κ1) is 10.8. The van der Waals surface area contributed by atoms with Crippen LogP contribution in [0.25, 0.3) is 0 Å². The Morgan fingerprint density at radius 2 is 1.93 bits per heavy atom. The van der Waals surface area contributed by atoms with E-state index in [0.717, 1.165) is 22.9 Å². The molecule has 0 aliphatic rings. The van der Waals surface area contributed by atoms with Gasteiger partial charge in [-0.25, -0.2) is 0 Å². The lowest BCUT2D eigenvalue weighted by atomic mass is 10.1. The second-order valence-electron chi connectivity index (χ2n) is 2.77. The van der Waals surface area contributed by atoms with Crippen LogP contribution in [0.2, 0.25) is 0 Å². The lowest BCUT2D eigenvalue weighted by Crippen LogP contribution is -1.81. The molecule has 0 amide bonds. The quantitative estimate of drug-likeness (QED) is 0.583. The number of nitrogens with zero attached hydrogens (tertiary/aromatic N) is 1. The summed E-state index contributed by atoms with van der Waals surface area (Å²) in [4.78, 5) is 0. The lowest BCUT2D eigenvalue weighted by molar-refractivity contribution is 1.26. The summed E-state index contributed by atoms with van der Waals surface area (Å²) < 4.78 is 0. The molecule has 0 saturated carbocycles. The van der Waals surface area contributed by atoms with E-state index in [0.29, 0.717) is 6.42 Å². The maximum Gasteiger partial charge on any atom is 0.0669 e. The minimum absolute atomic E-state index is 0.467. The Hall–Kier alpha value is -1.25. The van der Waals surface area contributed by atoms with Crippen molar-refractivity contribution < 1.29 is 0 Å². The summed E-state index contributed by atoms with van der Waals surface area (Å²) in [5, 5.41) is 9.39. The van der Waals surface area contributed by atoms with Gasteiger partial charge in [-0.1, -0.05) is 39.9 Å². The molecule has 1 aromatic carbocycles. The van der Waals surface area contributed by atoms with Gasteiger partial charge in [-0.2, -0.15) is 5.26 Å². The van der Waals surface area contributed by atoms with Crippen molar-refractivity contribution in [3.8, 4) is 17.9 Å². The summed E-state index contributed by atoms with van der Waals surface area (Å²) in [7, 11) is 0. The summed E-state index contributed by atoms with van der Waals surface area (Å²) in [6.07, 6.45) is 1.33. The molecule has 1 nitrogen and oxygen atoms in total. The van der Waals surface area contributed by atoms with Crippen LogP contribution in [0.1, 0.15) is 17.5 Å². The standard InChI is InChI=1S/C12H10BrN/c13-9-2-1-3-11-4-6-12(7-5-11)8-10-14/h4-7H,2,8-9H2. The molecule has 70 valence electrons. The van der Waals surface area contributed by atoms with Gasteiger partial charge in [0, 0.05) is 17.3 Å². The number of hydrogen-bond acceptors (Lipinski definition) is 1. The van der Waals surface area contributed by atoms with Crippen molar-refractivity contribution in [2.24, 2.45) is 0 Å². The van der Waals surface area contributed by atoms with Crippen molar-refractivity contribution in [2.75, 3.05) is 5.33 Å². The molecule has 0 unspecified atom stereocenters. The predicted molar refractivity (Wildman–Crippen MR) is 61.0 cm³/mol. The average Bonchev–Trinajstić information content (AvgIpc) is 2.21. The van der Waals surface area contributed by atoms with Crippen molar-refractivity contribution in [3.63, 3.8) is 0 Å². The molecule has 14 heavy (non-hydrogen) atoms. The average molecular weight is 248 g/mol. The Kier molecular flexibility index (Phi) is 4.83. The third-order valence-electron chi connectivity index (χ3n) is 1.69. The smallest absolute Gasteiger partial charge is 0.0669 e. The molecular weight excluding hydrogens is 238 g/mol. The monoisotopic (exact) mass is 247 g/mol. The van der Waals surface area contributed by atoms with E-state index in [9.17, 15) is 0 Å². The zero-order chi connectivity index (χ0) is 10.2. The summed E-state index contributed by atoms with van der Waals surface area (Å²) in [6, 6.07) is 9.91. The number of hydrogen-bond donors (Lipinski definition) is 0. The minimum atomic E-state index is 0.467. The van der Waals surface area contributed by atoms with Gasteiger partial charge in [0.05, 0.1) is 12.5 Å². The van der Waals surface area contributed by atoms with Gasteiger partial charge in [-0.3, -0.25) is 0 Å². The van der Waals surface area contributed by atoms with Crippen molar-refractivity contribution in [1.82, 2.24) is 0 Å². The first-order valence-corrected chi connectivity index (χ1v) is 5.49. The number of halogens is 1. The van der Waals surface area contributed by atoms with Crippen LogP contribution in [0, 0.1) is 23.2 Å². The zero-order valence-corrected chi connectivity index (χ0v) is 9.34. The molecule has 0 aliphatic heterocycles. The van der Waals surface area contributed by atoms with Gasteiger partial charge in [0.2, 0.25) is 0 Å². The maximum atomic E-state index is 8.48. The SMILES string of the molecule is N#CCc1ccc(C#CCCBr)cc1. The Balaban J connectivity index is 2.66. The molecule has 0 aromatic heterocycles. The van der Waals surface area contributed by atoms with Crippen LogP contribution in [0.5, 0.6) is 0 Å². The molecule has 1 aromatic rings. The van der Waals surface area contributed by atoms with Crippen LogP contribution in [0.4, 0.5) is 0 Å².